The summed E-state index contributed by atoms with van der Waals surface area (Å²) in [5.41, 5.74) is 15.1. The van der Waals surface area contributed by atoms with Crippen LogP contribution in [0.4, 0.5) is 0 Å². The third-order valence-electron chi connectivity index (χ3n) is 15.0. The van der Waals surface area contributed by atoms with Crippen molar-refractivity contribution < 1.29 is 0 Å². The summed E-state index contributed by atoms with van der Waals surface area (Å²) in [6, 6.07) is 97.1. The molecule has 11 aromatic carbocycles. The molecule has 0 N–H and O–H groups in total. The number of fused-ring (bicyclic) bond motifs is 6. The van der Waals surface area contributed by atoms with Crippen molar-refractivity contribution in [3.8, 4) is 102 Å². The fraction of sp³-hybridized carbons (Fsp3) is 0. The smallest absolute Gasteiger partial charge is 0.165 e. The van der Waals surface area contributed by atoms with E-state index in [0.717, 1.165) is 99.8 Å². The SMILES string of the molecule is c1ccc(-c2nc(-c3ccccc3)nc(-c3c(-c4ccc5c6ccccc6n(-c6ccccc6)c5c4)ccc(-c4ccc5c6ccccc6n(-c6ccccc6)c5c4)c3-c3nc(-c4ccccc4)nc(-c4ccccc4)n3)n2)cc1. The summed E-state index contributed by atoms with van der Waals surface area (Å²) in [5.74, 6) is 3.09. The van der Waals surface area contributed by atoms with Gasteiger partial charge in [-0.3, -0.25) is 0 Å². The summed E-state index contributed by atoms with van der Waals surface area (Å²) in [6.45, 7) is 0. The number of benzene rings is 11. The quantitative estimate of drug-likeness (QED) is 0.136. The summed E-state index contributed by atoms with van der Waals surface area (Å²) in [6.07, 6.45) is 0. The first-order chi connectivity index (χ1) is 39.7. The van der Waals surface area contributed by atoms with Crippen LogP contribution in [0.2, 0.25) is 0 Å². The third-order valence-corrected chi connectivity index (χ3v) is 15.0. The summed E-state index contributed by atoms with van der Waals surface area (Å²) in [7, 11) is 0. The molecule has 15 aromatic rings. The first-order valence-corrected chi connectivity index (χ1v) is 26.8. The van der Waals surface area contributed by atoms with Gasteiger partial charge in [-0.25, -0.2) is 29.9 Å². The molecule has 0 saturated heterocycles. The molecule has 4 aromatic heterocycles. The maximum absolute atomic E-state index is 5.56. The van der Waals surface area contributed by atoms with Crippen molar-refractivity contribution in [2.75, 3.05) is 0 Å². The number of hydrogen-bond donors (Lipinski definition) is 0. The molecule has 15 rings (SSSR count). The van der Waals surface area contributed by atoms with Gasteiger partial charge in [-0.2, -0.15) is 0 Å². The first kappa shape index (κ1) is 46.4. The predicted molar refractivity (Wildman–Crippen MR) is 325 cm³/mol. The van der Waals surface area contributed by atoms with Gasteiger partial charge in [0.05, 0.1) is 22.1 Å². The highest BCUT2D eigenvalue weighted by Crippen LogP contribution is 2.47. The van der Waals surface area contributed by atoms with Crippen molar-refractivity contribution in [2.24, 2.45) is 0 Å². The molecule has 0 spiro atoms. The number of nitrogens with zero attached hydrogens (tertiary/aromatic N) is 8. The molecule has 0 unspecified atom stereocenters. The van der Waals surface area contributed by atoms with E-state index < -0.39 is 0 Å². The zero-order valence-electron chi connectivity index (χ0n) is 43.1. The average molecular weight is 1020 g/mol. The second-order valence-electron chi connectivity index (χ2n) is 19.8. The lowest BCUT2D eigenvalue weighted by molar-refractivity contribution is 1.06. The van der Waals surface area contributed by atoms with Crippen LogP contribution in [0.25, 0.3) is 146 Å². The Morgan fingerprint density at radius 1 is 0.200 bits per heavy atom. The Balaban J connectivity index is 1.11. The van der Waals surface area contributed by atoms with Gasteiger partial charge in [-0.05, 0) is 70.8 Å². The fourth-order valence-electron chi connectivity index (χ4n) is 11.4. The molecule has 0 fully saturated rings. The molecule has 0 amide bonds. The highest BCUT2D eigenvalue weighted by atomic mass is 15.1. The minimum atomic E-state index is 0.468. The molecule has 0 radical (unpaired) electrons. The van der Waals surface area contributed by atoms with Gasteiger partial charge in [-0.1, -0.05) is 231 Å². The largest absolute Gasteiger partial charge is 0.309 e. The van der Waals surface area contributed by atoms with Crippen LogP contribution in [0.1, 0.15) is 0 Å². The van der Waals surface area contributed by atoms with Crippen LogP contribution in [0, 0.1) is 0 Å². The van der Waals surface area contributed by atoms with Crippen LogP contribution in [-0.2, 0) is 0 Å². The molecule has 0 aliphatic rings. The minimum Gasteiger partial charge on any atom is -0.309 e. The molecule has 4 heterocycles. The van der Waals surface area contributed by atoms with Crippen LogP contribution < -0.4 is 0 Å². The lowest BCUT2D eigenvalue weighted by Gasteiger charge is -2.20. The standard InChI is InChI=1S/C72H46N8/c1-7-23-47(24-8-1)67-73-68(48-25-9-2-10-26-48)76-71(75-67)65-55(51-39-41-59-57-35-19-21-37-61(57)79(63(59)45-51)53-31-15-5-16-32-53)43-44-56(52-40-42-60-58-36-20-22-38-62(58)80(64(60)46-52)54-33-17-6-18-34-54)66(65)72-77-69(49-27-11-3-12-28-49)74-70(78-72)50-29-13-4-14-30-50/h1-46H. The van der Waals surface area contributed by atoms with Gasteiger partial charge < -0.3 is 9.13 Å². The van der Waals surface area contributed by atoms with Crippen LogP contribution in [0.3, 0.4) is 0 Å². The van der Waals surface area contributed by atoms with Gasteiger partial charge in [0, 0.05) is 66.3 Å². The van der Waals surface area contributed by atoms with Gasteiger partial charge >= 0.3 is 0 Å². The summed E-state index contributed by atoms with van der Waals surface area (Å²) >= 11 is 0. The first-order valence-electron chi connectivity index (χ1n) is 26.8. The molecule has 374 valence electrons. The molecule has 0 aliphatic carbocycles. The van der Waals surface area contributed by atoms with Crippen molar-refractivity contribution in [3.05, 3.63) is 279 Å². The lowest BCUT2D eigenvalue weighted by atomic mass is 9.87. The highest BCUT2D eigenvalue weighted by molar-refractivity contribution is 6.13. The molecule has 0 aliphatic heterocycles. The van der Waals surface area contributed by atoms with Gasteiger partial charge in [0.1, 0.15) is 0 Å². The fourth-order valence-corrected chi connectivity index (χ4v) is 11.4. The van der Waals surface area contributed by atoms with Crippen molar-refractivity contribution in [1.82, 2.24) is 39.0 Å². The molecule has 0 saturated carbocycles. The Kier molecular flexibility index (Phi) is 11.3. The summed E-state index contributed by atoms with van der Waals surface area (Å²) < 4.78 is 4.72. The third kappa shape index (κ3) is 8.10. The highest BCUT2D eigenvalue weighted by Gasteiger charge is 2.28. The zero-order chi connectivity index (χ0) is 52.9. The van der Waals surface area contributed by atoms with E-state index in [2.05, 4.69) is 167 Å². The minimum absolute atomic E-state index is 0.468. The lowest BCUT2D eigenvalue weighted by Crippen LogP contribution is -2.06. The van der Waals surface area contributed by atoms with Crippen molar-refractivity contribution >= 4 is 43.6 Å². The molecule has 8 heteroatoms. The van der Waals surface area contributed by atoms with E-state index in [1.807, 2.05) is 121 Å². The average Bonchev–Trinajstić information content (AvgIpc) is 4.14. The monoisotopic (exact) mass is 1020 g/mol. The van der Waals surface area contributed by atoms with E-state index in [0.29, 0.717) is 34.9 Å². The van der Waals surface area contributed by atoms with Crippen LogP contribution in [0.5, 0.6) is 0 Å². The molecule has 8 nitrogen and oxygen atoms in total. The summed E-state index contributed by atoms with van der Waals surface area (Å²) in [5, 5.41) is 4.62. The maximum Gasteiger partial charge on any atom is 0.165 e. The van der Waals surface area contributed by atoms with Crippen molar-refractivity contribution in [1.29, 1.82) is 0 Å². The molecule has 80 heavy (non-hydrogen) atoms. The van der Waals surface area contributed by atoms with E-state index >= 15 is 0 Å². The van der Waals surface area contributed by atoms with Crippen molar-refractivity contribution in [2.45, 2.75) is 0 Å². The Morgan fingerprint density at radius 3 is 0.812 bits per heavy atom. The van der Waals surface area contributed by atoms with Crippen molar-refractivity contribution in [3.63, 3.8) is 0 Å². The summed E-state index contributed by atoms with van der Waals surface area (Å²) in [4.78, 5) is 32.7. The van der Waals surface area contributed by atoms with Crippen LogP contribution >= 0.6 is 0 Å². The maximum atomic E-state index is 5.56. The molecule has 0 atom stereocenters. The van der Waals surface area contributed by atoms with Gasteiger partial charge in [0.25, 0.3) is 0 Å². The van der Waals surface area contributed by atoms with Gasteiger partial charge in [0.15, 0.2) is 34.9 Å². The second-order valence-corrected chi connectivity index (χ2v) is 19.8. The van der Waals surface area contributed by atoms with E-state index in [4.69, 9.17) is 29.9 Å². The van der Waals surface area contributed by atoms with Crippen LogP contribution in [0.15, 0.2) is 279 Å². The molecular weight excluding hydrogens is 977 g/mol. The van der Waals surface area contributed by atoms with Crippen LogP contribution in [-0.4, -0.2) is 39.0 Å². The molecular formula is C72H46N8. The van der Waals surface area contributed by atoms with E-state index in [9.17, 15) is 0 Å². The Bertz CT molecular complexity index is 4370. The molecule has 0 bridgehead atoms. The predicted octanol–water partition coefficient (Wildman–Crippen LogP) is 17.6. The van der Waals surface area contributed by atoms with E-state index in [1.165, 1.54) is 10.8 Å². The van der Waals surface area contributed by atoms with E-state index in [1.54, 1.807) is 0 Å². The number of para-hydroxylation sites is 4. The topological polar surface area (TPSA) is 87.2 Å². The second kappa shape index (κ2) is 19.6. The van der Waals surface area contributed by atoms with Gasteiger partial charge in [0.2, 0.25) is 0 Å². The Morgan fingerprint density at radius 2 is 0.475 bits per heavy atom. The van der Waals surface area contributed by atoms with Gasteiger partial charge in [-0.15, -0.1) is 0 Å². The normalized spacial score (nSPS) is 11.5. The number of rotatable bonds is 10. The number of aromatic nitrogens is 8. The Hall–Kier alpha value is -11.0. The Labute approximate surface area is 461 Å². The zero-order valence-corrected chi connectivity index (χ0v) is 43.1. The number of hydrogen-bond acceptors (Lipinski definition) is 6. The van der Waals surface area contributed by atoms with E-state index in [-0.39, 0.29) is 0 Å².